The smallest absolute Gasteiger partial charge is 0.251 e. The average Bonchev–Trinajstić information content (AvgIpc) is 2.35. The topological polar surface area (TPSA) is 54.9 Å². The van der Waals surface area contributed by atoms with Crippen LogP contribution in [0, 0.1) is 0 Å². The lowest BCUT2D eigenvalue weighted by Gasteiger charge is -2.04. The Hall–Kier alpha value is -1.94. The Morgan fingerprint density at radius 1 is 1.29 bits per heavy atom. The molecular weight excluding hydrogens is 238 g/mol. The van der Waals surface area contributed by atoms with Gasteiger partial charge < -0.3 is 5.32 Å². The van der Waals surface area contributed by atoms with Gasteiger partial charge >= 0.3 is 0 Å². The number of nitrogens with one attached hydrogen (secondary N) is 1. The van der Waals surface area contributed by atoms with E-state index in [9.17, 15) is 4.79 Å². The number of nitrogens with zero attached hydrogens (tertiary/aromatic N) is 2. The summed E-state index contributed by atoms with van der Waals surface area (Å²) in [5.41, 5.74) is 1.96. The Kier molecular flexibility index (Phi) is 3.35. The minimum absolute atomic E-state index is 0.209. The molecular formula is C12H10ClN3O. The molecule has 2 rings (SSSR count). The number of hydrogen-bond acceptors (Lipinski definition) is 3. The summed E-state index contributed by atoms with van der Waals surface area (Å²) in [6.45, 7) is 3.75. The lowest BCUT2D eigenvalue weighted by molar-refractivity contribution is 0.0958. The maximum Gasteiger partial charge on any atom is 0.251 e. The van der Waals surface area contributed by atoms with Crippen LogP contribution in [0.15, 0.2) is 42.2 Å². The zero-order chi connectivity index (χ0) is 12.3. The zero-order valence-corrected chi connectivity index (χ0v) is 9.74. The van der Waals surface area contributed by atoms with Crippen LogP contribution in [0.5, 0.6) is 0 Å². The third-order valence-corrected chi connectivity index (χ3v) is 2.31. The van der Waals surface area contributed by atoms with Gasteiger partial charge in [-0.05, 0) is 18.2 Å². The van der Waals surface area contributed by atoms with Crippen LogP contribution in [0.25, 0.3) is 11.0 Å². The molecule has 1 N–H and O–H groups in total. The van der Waals surface area contributed by atoms with Gasteiger partial charge in [0.05, 0.1) is 17.6 Å². The predicted octanol–water partition coefficient (Wildman–Crippen LogP) is 2.11. The molecule has 0 fully saturated rings. The fraction of sp³-hybridized carbons (Fsp3) is 0.0833. The molecule has 0 unspecified atom stereocenters. The molecule has 0 aliphatic heterocycles. The number of carbonyl (C=O) groups excluding carboxylic acids is 1. The van der Waals surface area contributed by atoms with Crippen LogP contribution < -0.4 is 5.32 Å². The van der Waals surface area contributed by atoms with E-state index >= 15 is 0 Å². The van der Waals surface area contributed by atoms with Crippen molar-refractivity contribution in [3.8, 4) is 0 Å². The van der Waals surface area contributed by atoms with E-state index in [-0.39, 0.29) is 12.5 Å². The zero-order valence-electron chi connectivity index (χ0n) is 8.98. The first kappa shape index (κ1) is 11.5. The second-order valence-corrected chi connectivity index (χ2v) is 3.99. The Morgan fingerprint density at radius 3 is 2.71 bits per heavy atom. The molecule has 0 radical (unpaired) electrons. The van der Waals surface area contributed by atoms with Gasteiger partial charge in [-0.15, -0.1) is 0 Å². The van der Waals surface area contributed by atoms with Gasteiger partial charge in [0, 0.05) is 23.0 Å². The number of benzene rings is 1. The number of aromatic nitrogens is 2. The molecule has 1 aromatic carbocycles. The van der Waals surface area contributed by atoms with Crippen LogP contribution in [0.2, 0.25) is 0 Å². The van der Waals surface area contributed by atoms with Crippen molar-refractivity contribution < 1.29 is 4.79 Å². The molecule has 0 atom stereocenters. The van der Waals surface area contributed by atoms with E-state index in [0.717, 1.165) is 5.52 Å². The Bertz CT molecular complexity index is 583. The highest BCUT2D eigenvalue weighted by atomic mass is 35.5. The second-order valence-electron chi connectivity index (χ2n) is 3.46. The SMILES string of the molecule is C=C(Cl)CNC(=O)c1ccc2nccnc2c1. The molecule has 17 heavy (non-hydrogen) atoms. The van der Waals surface area contributed by atoms with Gasteiger partial charge in [-0.3, -0.25) is 14.8 Å². The molecule has 1 heterocycles. The Morgan fingerprint density at radius 2 is 2.00 bits per heavy atom. The fourth-order valence-corrected chi connectivity index (χ4v) is 1.45. The van der Waals surface area contributed by atoms with Gasteiger partial charge in [0.15, 0.2) is 0 Å². The number of hydrogen-bond donors (Lipinski definition) is 1. The average molecular weight is 248 g/mol. The van der Waals surface area contributed by atoms with Crippen LogP contribution in [0.1, 0.15) is 10.4 Å². The van der Waals surface area contributed by atoms with Crippen molar-refractivity contribution in [2.75, 3.05) is 6.54 Å². The van der Waals surface area contributed by atoms with Gasteiger partial charge in [0.2, 0.25) is 0 Å². The van der Waals surface area contributed by atoms with Crippen LogP contribution in [0.3, 0.4) is 0 Å². The third kappa shape index (κ3) is 2.79. The molecule has 4 nitrogen and oxygen atoms in total. The molecule has 1 amide bonds. The van der Waals surface area contributed by atoms with Crippen molar-refractivity contribution in [2.24, 2.45) is 0 Å². The van der Waals surface area contributed by atoms with Crippen molar-refractivity contribution in [3.05, 3.63) is 47.8 Å². The van der Waals surface area contributed by atoms with Gasteiger partial charge in [0.1, 0.15) is 0 Å². The van der Waals surface area contributed by atoms with E-state index in [1.165, 1.54) is 0 Å². The summed E-state index contributed by atoms with van der Waals surface area (Å²) in [6, 6.07) is 5.14. The standard InChI is InChI=1S/C12H10ClN3O/c1-8(13)7-16-12(17)9-2-3-10-11(6-9)15-5-4-14-10/h2-6H,1,7H2,(H,16,17). The van der Waals surface area contributed by atoms with E-state index in [1.54, 1.807) is 30.6 Å². The highest BCUT2D eigenvalue weighted by Crippen LogP contribution is 2.10. The van der Waals surface area contributed by atoms with Crippen LogP contribution in [0.4, 0.5) is 0 Å². The van der Waals surface area contributed by atoms with E-state index in [0.29, 0.717) is 16.1 Å². The summed E-state index contributed by atoms with van der Waals surface area (Å²) >= 11 is 5.57. The molecule has 0 aliphatic rings. The first-order chi connectivity index (χ1) is 8.16. The summed E-state index contributed by atoms with van der Waals surface area (Å²) in [5.74, 6) is -0.209. The lowest BCUT2D eigenvalue weighted by atomic mass is 10.2. The van der Waals surface area contributed by atoms with E-state index in [1.807, 2.05) is 0 Å². The predicted molar refractivity (Wildman–Crippen MR) is 66.9 cm³/mol. The van der Waals surface area contributed by atoms with Crippen molar-refractivity contribution in [1.82, 2.24) is 15.3 Å². The monoisotopic (exact) mass is 247 g/mol. The fourth-order valence-electron chi connectivity index (χ4n) is 1.38. The van der Waals surface area contributed by atoms with Crippen molar-refractivity contribution in [3.63, 3.8) is 0 Å². The maximum absolute atomic E-state index is 11.7. The number of fused-ring (bicyclic) bond motifs is 1. The minimum atomic E-state index is -0.209. The van der Waals surface area contributed by atoms with Crippen LogP contribution in [-0.4, -0.2) is 22.4 Å². The summed E-state index contributed by atoms with van der Waals surface area (Å²) in [4.78, 5) is 20.0. The Balaban J connectivity index is 2.24. The number of carbonyl (C=O) groups is 1. The van der Waals surface area contributed by atoms with Gasteiger partial charge in [-0.1, -0.05) is 18.2 Å². The van der Waals surface area contributed by atoms with Crippen molar-refractivity contribution in [1.29, 1.82) is 0 Å². The number of amides is 1. The van der Waals surface area contributed by atoms with Crippen molar-refractivity contribution >= 4 is 28.5 Å². The molecule has 0 aliphatic carbocycles. The first-order valence-electron chi connectivity index (χ1n) is 4.99. The summed E-state index contributed by atoms with van der Waals surface area (Å²) in [5, 5.41) is 3.03. The molecule has 1 aromatic heterocycles. The van der Waals surface area contributed by atoms with E-state index in [4.69, 9.17) is 11.6 Å². The van der Waals surface area contributed by atoms with Crippen molar-refractivity contribution in [2.45, 2.75) is 0 Å². The molecule has 0 spiro atoms. The summed E-state index contributed by atoms with van der Waals surface area (Å²) in [7, 11) is 0. The van der Waals surface area contributed by atoms with Gasteiger partial charge in [-0.25, -0.2) is 0 Å². The van der Waals surface area contributed by atoms with E-state index in [2.05, 4.69) is 21.9 Å². The van der Waals surface area contributed by atoms with Gasteiger partial charge in [-0.2, -0.15) is 0 Å². The number of rotatable bonds is 3. The largest absolute Gasteiger partial charge is 0.347 e. The molecule has 0 bridgehead atoms. The van der Waals surface area contributed by atoms with Gasteiger partial charge in [0.25, 0.3) is 5.91 Å². The highest BCUT2D eigenvalue weighted by Gasteiger charge is 2.06. The molecule has 86 valence electrons. The number of halogens is 1. The quantitative estimate of drug-likeness (QED) is 0.904. The molecule has 0 saturated heterocycles. The molecule has 2 aromatic rings. The molecule has 0 saturated carbocycles. The maximum atomic E-state index is 11.7. The van der Waals surface area contributed by atoms with E-state index < -0.39 is 0 Å². The molecule has 5 heteroatoms. The third-order valence-electron chi connectivity index (χ3n) is 2.17. The summed E-state index contributed by atoms with van der Waals surface area (Å²) < 4.78 is 0. The normalized spacial score (nSPS) is 10.2. The second kappa shape index (κ2) is 4.93. The highest BCUT2D eigenvalue weighted by molar-refractivity contribution is 6.29. The lowest BCUT2D eigenvalue weighted by Crippen LogP contribution is -2.24. The van der Waals surface area contributed by atoms with Crippen LogP contribution >= 0.6 is 11.6 Å². The Labute approximate surface area is 103 Å². The summed E-state index contributed by atoms with van der Waals surface area (Å²) in [6.07, 6.45) is 3.20. The first-order valence-corrected chi connectivity index (χ1v) is 5.37. The minimum Gasteiger partial charge on any atom is -0.347 e. The van der Waals surface area contributed by atoms with Crippen LogP contribution in [-0.2, 0) is 0 Å².